The average molecular weight is 433 g/mol. The van der Waals surface area contributed by atoms with E-state index in [1.165, 1.54) is 5.01 Å². The summed E-state index contributed by atoms with van der Waals surface area (Å²) < 4.78 is 13.2. The zero-order chi connectivity index (χ0) is 22.8. The van der Waals surface area contributed by atoms with Gasteiger partial charge in [0.05, 0.1) is 26.0 Å². The van der Waals surface area contributed by atoms with Gasteiger partial charge in [0.1, 0.15) is 0 Å². The number of carbonyl (C=O) groups is 1. The number of hydrogen-bond donors (Lipinski definition) is 1. The predicted octanol–water partition coefficient (Wildman–Crippen LogP) is 4.05. The van der Waals surface area contributed by atoms with E-state index in [1.54, 1.807) is 21.3 Å². The molecular formula is C25H28N4O3. The maximum atomic E-state index is 12.6. The molecule has 0 saturated carbocycles. The number of fused-ring (bicyclic) bond motifs is 1. The molecule has 0 fully saturated rings. The predicted molar refractivity (Wildman–Crippen MR) is 125 cm³/mol. The van der Waals surface area contributed by atoms with E-state index >= 15 is 0 Å². The van der Waals surface area contributed by atoms with Gasteiger partial charge in [0, 0.05) is 37.1 Å². The smallest absolute Gasteiger partial charge is 0.337 e. The molecule has 2 heterocycles. The van der Waals surface area contributed by atoms with Crippen LogP contribution >= 0.6 is 0 Å². The van der Waals surface area contributed by atoms with Crippen molar-refractivity contribution in [1.82, 2.24) is 14.9 Å². The molecule has 7 heteroatoms. The number of carbonyl (C=O) groups excluding carboxylic acids is 1. The number of hydrogen-bond acceptors (Lipinski definition) is 4. The van der Waals surface area contributed by atoms with Crippen molar-refractivity contribution >= 4 is 11.7 Å². The summed E-state index contributed by atoms with van der Waals surface area (Å²) in [6.45, 7) is 1.99. The second kappa shape index (κ2) is 8.78. The van der Waals surface area contributed by atoms with Crippen molar-refractivity contribution < 1.29 is 14.3 Å². The van der Waals surface area contributed by atoms with E-state index in [4.69, 9.17) is 14.6 Å². The molecule has 0 spiro atoms. The Kier molecular flexibility index (Phi) is 5.90. The summed E-state index contributed by atoms with van der Waals surface area (Å²) in [4.78, 5) is 12.6. The zero-order valence-corrected chi connectivity index (χ0v) is 19.0. The maximum Gasteiger partial charge on any atom is 0.337 e. The Balaban J connectivity index is 1.87. The first-order valence-electron chi connectivity index (χ1n) is 10.5. The molecule has 4 rings (SSSR count). The first-order chi connectivity index (χ1) is 15.5. The fourth-order valence-electron chi connectivity index (χ4n) is 4.11. The molecule has 7 nitrogen and oxygen atoms in total. The second-order valence-electron chi connectivity index (χ2n) is 7.85. The molecule has 1 unspecified atom stereocenters. The Morgan fingerprint density at radius 2 is 1.72 bits per heavy atom. The molecule has 0 saturated heterocycles. The van der Waals surface area contributed by atoms with Crippen molar-refractivity contribution in [3.05, 3.63) is 71.4 Å². The summed E-state index contributed by atoms with van der Waals surface area (Å²) in [5.41, 5.74) is 5.84. The summed E-state index contributed by atoms with van der Waals surface area (Å²) >= 11 is 0. The van der Waals surface area contributed by atoms with Crippen LogP contribution in [0, 0.1) is 0 Å². The molecular weight excluding hydrogens is 404 g/mol. The molecule has 2 amide bonds. The number of amides is 2. The minimum atomic E-state index is -0.248. The Morgan fingerprint density at radius 3 is 2.31 bits per heavy atom. The van der Waals surface area contributed by atoms with Gasteiger partial charge in [-0.1, -0.05) is 24.3 Å². The summed E-state index contributed by atoms with van der Waals surface area (Å²) in [7, 11) is 6.88. The SMILES string of the molecule is CNC(=O)N1N=C(c2ccc(-c3cccn3C)cc2)c2cc(OC)c(OC)cc2CC1C. The van der Waals surface area contributed by atoms with Crippen molar-refractivity contribution in [3.63, 3.8) is 0 Å². The lowest BCUT2D eigenvalue weighted by molar-refractivity contribution is 0.184. The molecule has 0 aliphatic carbocycles. The highest BCUT2D eigenvalue weighted by molar-refractivity contribution is 6.14. The average Bonchev–Trinajstić information content (AvgIpc) is 3.18. The van der Waals surface area contributed by atoms with E-state index in [9.17, 15) is 4.79 Å². The largest absolute Gasteiger partial charge is 0.493 e. The monoisotopic (exact) mass is 432 g/mol. The number of benzene rings is 2. The Bertz CT molecular complexity index is 1160. The maximum absolute atomic E-state index is 12.6. The van der Waals surface area contributed by atoms with E-state index in [0.717, 1.165) is 27.9 Å². The van der Waals surface area contributed by atoms with Crippen molar-refractivity contribution in [3.8, 4) is 22.8 Å². The van der Waals surface area contributed by atoms with Crippen LogP contribution in [0.15, 0.2) is 59.8 Å². The molecule has 1 N–H and O–H groups in total. The van der Waals surface area contributed by atoms with Crippen LogP contribution in [-0.2, 0) is 13.5 Å². The second-order valence-corrected chi connectivity index (χ2v) is 7.85. The summed E-state index contributed by atoms with van der Waals surface area (Å²) in [5, 5.41) is 9.03. The van der Waals surface area contributed by atoms with E-state index in [2.05, 4.69) is 28.1 Å². The van der Waals surface area contributed by atoms with Crippen LogP contribution in [0.2, 0.25) is 0 Å². The summed E-state index contributed by atoms with van der Waals surface area (Å²) in [6.07, 6.45) is 2.66. The molecule has 1 atom stereocenters. The lowest BCUT2D eigenvalue weighted by Gasteiger charge is -2.22. The number of nitrogens with one attached hydrogen (secondary N) is 1. The fourth-order valence-corrected chi connectivity index (χ4v) is 4.11. The molecule has 1 aliphatic rings. The van der Waals surface area contributed by atoms with Gasteiger partial charge in [-0.05, 0) is 48.7 Å². The summed E-state index contributed by atoms with van der Waals surface area (Å²) in [6, 6.07) is 15.9. The third-order valence-corrected chi connectivity index (χ3v) is 5.82. The highest BCUT2D eigenvalue weighted by Gasteiger charge is 2.28. The molecule has 32 heavy (non-hydrogen) atoms. The van der Waals surface area contributed by atoms with Gasteiger partial charge in [0.15, 0.2) is 11.5 Å². The molecule has 0 bridgehead atoms. The zero-order valence-electron chi connectivity index (χ0n) is 19.0. The van der Waals surface area contributed by atoms with Gasteiger partial charge >= 0.3 is 6.03 Å². The Labute approximate surface area is 188 Å². The van der Waals surface area contributed by atoms with Gasteiger partial charge in [-0.15, -0.1) is 0 Å². The Hall–Kier alpha value is -3.74. The van der Waals surface area contributed by atoms with Crippen LogP contribution < -0.4 is 14.8 Å². The van der Waals surface area contributed by atoms with Crippen LogP contribution in [0.4, 0.5) is 4.79 Å². The van der Waals surface area contributed by atoms with Gasteiger partial charge in [0.25, 0.3) is 0 Å². The van der Waals surface area contributed by atoms with Gasteiger partial charge in [0.2, 0.25) is 0 Å². The Morgan fingerprint density at radius 1 is 1.06 bits per heavy atom. The third-order valence-electron chi connectivity index (χ3n) is 5.82. The van der Waals surface area contributed by atoms with Crippen LogP contribution in [-0.4, -0.2) is 48.6 Å². The lowest BCUT2D eigenvalue weighted by atomic mass is 9.93. The van der Waals surface area contributed by atoms with Gasteiger partial charge < -0.3 is 19.4 Å². The third kappa shape index (κ3) is 3.82. The number of rotatable bonds is 4. The number of ether oxygens (including phenoxy) is 2. The molecule has 2 aromatic carbocycles. The number of urea groups is 1. The van der Waals surface area contributed by atoms with Crippen molar-refractivity contribution in [2.45, 2.75) is 19.4 Å². The first-order valence-corrected chi connectivity index (χ1v) is 10.5. The van der Waals surface area contributed by atoms with Crippen LogP contribution in [0.5, 0.6) is 11.5 Å². The van der Waals surface area contributed by atoms with Gasteiger partial charge in [-0.25, -0.2) is 9.80 Å². The van der Waals surface area contributed by atoms with Gasteiger partial charge in [-0.3, -0.25) is 0 Å². The number of methoxy groups -OCH3 is 2. The topological polar surface area (TPSA) is 68.1 Å². The lowest BCUT2D eigenvalue weighted by Crippen LogP contribution is -2.41. The van der Waals surface area contributed by atoms with Crippen LogP contribution in [0.1, 0.15) is 23.6 Å². The highest BCUT2D eigenvalue weighted by Crippen LogP contribution is 2.35. The molecule has 3 aromatic rings. The minimum absolute atomic E-state index is 0.132. The summed E-state index contributed by atoms with van der Waals surface area (Å²) in [5.74, 6) is 1.28. The van der Waals surface area contributed by atoms with Crippen LogP contribution in [0.3, 0.4) is 0 Å². The highest BCUT2D eigenvalue weighted by atomic mass is 16.5. The van der Waals surface area contributed by atoms with E-state index in [1.807, 2.05) is 50.5 Å². The number of nitrogens with zero attached hydrogens (tertiary/aromatic N) is 3. The van der Waals surface area contributed by atoms with Gasteiger partial charge in [-0.2, -0.15) is 5.10 Å². The van der Waals surface area contributed by atoms with E-state index in [-0.39, 0.29) is 12.1 Å². The number of aromatic nitrogens is 1. The van der Waals surface area contributed by atoms with E-state index < -0.39 is 0 Å². The minimum Gasteiger partial charge on any atom is -0.493 e. The van der Waals surface area contributed by atoms with Crippen molar-refractivity contribution in [1.29, 1.82) is 0 Å². The molecule has 1 aromatic heterocycles. The quantitative estimate of drug-likeness (QED) is 0.676. The number of hydrazone groups is 1. The first kappa shape index (κ1) is 21.5. The normalized spacial score (nSPS) is 15.5. The van der Waals surface area contributed by atoms with Crippen LogP contribution in [0.25, 0.3) is 11.3 Å². The molecule has 1 aliphatic heterocycles. The van der Waals surface area contributed by atoms with Crippen molar-refractivity contribution in [2.24, 2.45) is 12.1 Å². The standard InChI is InChI=1S/C25H28N4O3/c1-16-13-19-14-22(31-4)23(32-5)15-20(19)24(27-29(16)25(30)26-2)18-10-8-17(9-11-18)21-7-6-12-28(21)3/h6-12,14-16H,13H2,1-5H3,(H,26,30). The fraction of sp³-hybridized carbons (Fsp3) is 0.280. The molecule has 0 radical (unpaired) electrons. The molecule has 166 valence electrons. The van der Waals surface area contributed by atoms with E-state index in [0.29, 0.717) is 23.6 Å². The van der Waals surface area contributed by atoms with Crippen molar-refractivity contribution in [2.75, 3.05) is 21.3 Å². The number of aryl methyl sites for hydroxylation is 1.